The Hall–Kier alpha value is -3.65. The maximum atomic E-state index is 13.0. The van der Waals surface area contributed by atoms with Crippen LogP contribution < -0.4 is 15.9 Å². The highest BCUT2D eigenvalue weighted by molar-refractivity contribution is 5.97. The van der Waals surface area contributed by atoms with E-state index in [1.165, 1.54) is 21.6 Å². The Morgan fingerprint density at radius 3 is 2.41 bits per heavy atom. The number of rotatable bonds is 3. The fourth-order valence-corrected chi connectivity index (χ4v) is 3.21. The van der Waals surface area contributed by atoms with Gasteiger partial charge in [-0.15, -0.1) is 0 Å². The summed E-state index contributed by atoms with van der Waals surface area (Å²) >= 11 is 0. The smallest absolute Gasteiger partial charge is 0.412 e. The molecule has 0 aliphatic carbocycles. The van der Waals surface area contributed by atoms with Crippen LogP contribution in [0.15, 0.2) is 59.5 Å². The van der Waals surface area contributed by atoms with Gasteiger partial charge in [0.2, 0.25) is 0 Å². The molecule has 0 spiro atoms. The Kier molecular flexibility index (Phi) is 5.13. The lowest BCUT2D eigenvalue weighted by atomic mass is 10.1. The normalized spacial score (nSPS) is 11.3. The van der Waals surface area contributed by atoms with E-state index in [1.807, 2.05) is 0 Å². The molecule has 29 heavy (non-hydrogen) atoms. The Bertz CT molecular complexity index is 1160. The van der Waals surface area contributed by atoms with Gasteiger partial charge in [0.1, 0.15) is 0 Å². The highest BCUT2D eigenvalue weighted by Gasteiger charge is 2.28. The lowest BCUT2D eigenvalue weighted by molar-refractivity contribution is 0.0706. The monoisotopic (exact) mass is 395 g/mol. The zero-order chi connectivity index (χ0) is 21.3. The highest BCUT2D eigenvalue weighted by atomic mass is 16.5. The SMILES string of the molecule is CC(C)(C)N(C(=O)O)c1cccc(-n2ccc3ccc(C(=O)NO)cc3c2=O)c1. The number of hydroxylamine groups is 1. The van der Waals surface area contributed by atoms with Crippen LogP contribution in [0.5, 0.6) is 0 Å². The minimum atomic E-state index is -1.10. The molecule has 0 radical (unpaired) electrons. The second kappa shape index (κ2) is 7.40. The summed E-state index contributed by atoms with van der Waals surface area (Å²) in [6.45, 7) is 5.34. The lowest BCUT2D eigenvalue weighted by Gasteiger charge is -2.33. The van der Waals surface area contributed by atoms with Crippen molar-refractivity contribution in [3.63, 3.8) is 0 Å². The first-order valence-corrected chi connectivity index (χ1v) is 8.87. The van der Waals surface area contributed by atoms with Crippen LogP contribution in [-0.2, 0) is 0 Å². The van der Waals surface area contributed by atoms with Gasteiger partial charge in [0, 0.05) is 28.4 Å². The van der Waals surface area contributed by atoms with Gasteiger partial charge >= 0.3 is 6.09 Å². The van der Waals surface area contributed by atoms with Crippen molar-refractivity contribution in [1.82, 2.24) is 10.0 Å². The number of hydrogen-bond donors (Lipinski definition) is 3. The zero-order valence-corrected chi connectivity index (χ0v) is 16.2. The van der Waals surface area contributed by atoms with Crippen LogP contribution >= 0.6 is 0 Å². The molecule has 8 heteroatoms. The predicted octanol–water partition coefficient (Wildman–Crippen LogP) is 3.39. The van der Waals surface area contributed by atoms with E-state index in [1.54, 1.807) is 68.8 Å². The molecular weight excluding hydrogens is 374 g/mol. The average molecular weight is 395 g/mol. The number of carboxylic acid groups (broad SMARTS) is 1. The maximum absolute atomic E-state index is 13.0. The fraction of sp³-hybridized carbons (Fsp3) is 0.190. The first-order chi connectivity index (χ1) is 13.6. The third-order valence-corrected chi connectivity index (χ3v) is 4.50. The van der Waals surface area contributed by atoms with Gasteiger partial charge in [-0.1, -0.05) is 12.1 Å². The average Bonchev–Trinajstić information content (AvgIpc) is 2.66. The number of hydrogen-bond acceptors (Lipinski definition) is 4. The van der Waals surface area contributed by atoms with E-state index >= 15 is 0 Å². The van der Waals surface area contributed by atoms with Crippen molar-refractivity contribution in [3.05, 3.63) is 70.6 Å². The first-order valence-electron chi connectivity index (χ1n) is 8.87. The van der Waals surface area contributed by atoms with Crippen LogP contribution in [0.4, 0.5) is 10.5 Å². The molecule has 1 aromatic heterocycles. The summed E-state index contributed by atoms with van der Waals surface area (Å²) in [6.07, 6.45) is 0.498. The van der Waals surface area contributed by atoms with Crippen LogP contribution in [0, 0.1) is 0 Å². The zero-order valence-electron chi connectivity index (χ0n) is 16.2. The molecule has 0 unspecified atom stereocenters. The van der Waals surface area contributed by atoms with Crippen LogP contribution in [0.3, 0.4) is 0 Å². The van der Waals surface area contributed by atoms with Crippen molar-refractivity contribution in [3.8, 4) is 5.69 Å². The van der Waals surface area contributed by atoms with Crippen molar-refractivity contribution >= 4 is 28.5 Å². The molecule has 0 atom stereocenters. The van der Waals surface area contributed by atoms with Gasteiger partial charge in [0.05, 0.1) is 5.69 Å². The summed E-state index contributed by atoms with van der Waals surface area (Å²) in [5, 5.41) is 19.4. The third kappa shape index (κ3) is 3.83. The lowest BCUT2D eigenvalue weighted by Crippen LogP contribution is -2.45. The van der Waals surface area contributed by atoms with Crippen LogP contribution in [0.2, 0.25) is 0 Å². The largest absolute Gasteiger partial charge is 0.465 e. The number of amides is 2. The fourth-order valence-electron chi connectivity index (χ4n) is 3.21. The molecule has 0 fully saturated rings. The predicted molar refractivity (Wildman–Crippen MR) is 109 cm³/mol. The number of benzene rings is 2. The van der Waals surface area contributed by atoms with E-state index in [0.717, 1.165) is 0 Å². The van der Waals surface area contributed by atoms with Gasteiger partial charge < -0.3 is 5.11 Å². The number of carbonyl (C=O) groups excluding carboxylic acids is 1. The number of nitrogens with one attached hydrogen (secondary N) is 1. The van der Waals surface area contributed by atoms with Gasteiger partial charge in [0.15, 0.2) is 0 Å². The van der Waals surface area contributed by atoms with Gasteiger partial charge in [-0.2, -0.15) is 0 Å². The van der Waals surface area contributed by atoms with Crippen LogP contribution in [0.1, 0.15) is 31.1 Å². The van der Waals surface area contributed by atoms with Gasteiger partial charge in [-0.05, 0) is 62.6 Å². The molecule has 3 aromatic rings. The van der Waals surface area contributed by atoms with E-state index in [9.17, 15) is 19.5 Å². The van der Waals surface area contributed by atoms with E-state index in [-0.39, 0.29) is 11.1 Å². The van der Waals surface area contributed by atoms with Crippen molar-refractivity contribution in [2.45, 2.75) is 26.3 Å². The molecular formula is C21H21N3O5. The first kappa shape index (κ1) is 20.1. The van der Waals surface area contributed by atoms with Gasteiger partial charge in [-0.25, -0.2) is 10.3 Å². The Labute approximate surface area is 166 Å². The number of anilines is 1. The van der Waals surface area contributed by atoms with E-state index in [2.05, 4.69) is 0 Å². The van der Waals surface area contributed by atoms with Crippen LogP contribution in [-0.4, -0.2) is 32.4 Å². The molecule has 0 aliphatic rings. The summed E-state index contributed by atoms with van der Waals surface area (Å²) in [7, 11) is 0. The molecule has 3 N–H and O–H groups in total. The van der Waals surface area contributed by atoms with Crippen molar-refractivity contribution in [2.24, 2.45) is 0 Å². The van der Waals surface area contributed by atoms with Gasteiger partial charge in [-0.3, -0.25) is 24.3 Å². The topological polar surface area (TPSA) is 112 Å². The highest BCUT2D eigenvalue weighted by Crippen LogP contribution is 2.26. The Morgan fingerprint density at radius 2 is 1.79 bits per heavy atom. The second-order valence-electron chi connectivity index (χ2n) is 7.54. The second-order valence-corrected chi connectivity index (χ2v) is 7.54. The maximum Gasteiger partial charge on any atom is 0.412 e. The summed E-state index contributed by atoms with van der Waals surface area (Å²) in [5.74, 6) is -0.717. The molecule has 2 aromatic carbocycles. The van der Waals surface area contributed by atoms with Gasteiger partial charge in [0.25, 0.3) is 11.5 Å². The minimum Gasteiger partial charge on any atom is -0.465 e. The third-order valence-electron chi connectivity index (χ3n) is 4.50. The molecule has 0 saturated carbocycles. The quantitative estimate of drug-likeness (QED) is 0.465. The summed E-state index contributed by atoms with van der Waals surface area (Å²) in [5.41, 5.74) is 1.57. The number of fused-ring (bicyclic) bond motifs is 1. The van der Waals surface area contributed by atoms with Crippen LogP contribution in [0.25, 0.3) is 16.5 Å². The molecule has 150 valence electrons. The Morgan fingerprint density at radius 1 is 1.07 bits per heavy atom. The molecule has 3 rings (SSSR count). The molecule has 1 heterocycles. The van der Waals surface area contributed by atoms with E-state index in [4.69, 9.17) is 5.21 Å². The molecule has 0 aliphatic heterocycles. The molecule has 8 nitrogen and oxygen atoms in total. The molecule has 0 saturated heterocycles. The van der Waals surface area contributed by atoms with Crippen molar-refractivity contribution in [2.75, 3.05) is 4.90 Å². The molecule has 2 amide bonds. The summed E-state index contributed by atoms with van der Waals surface area (Å²) in [4.78, 5) is 37.7. The number of pyridine rings is 1. The summed E-state index contributed by atoms with van der Waals surface area (Å²) < 4.78 is 1.38. The van der Waals surface area contributed by atoms with Crippen molar-refractivity contribution in [1.29, 1.82) is 0 Å². The number of aromatic nitrogens is 1. The Balaban J connectivity index is 2.16. The number of nitrogens with zero attached hydrogens (tertiary/aromatic N) is 2. The summed E-state index contributed by atoms with van der Waals surface area (Å²) in [6, 6.07) is 12.9. The van der Waals surface area contributed by atoms with Crippen molar-refractivity contribution < 1.29 is 19.9 Å². The number of carbonyl (C=O) groups is 2. The molecule has 0 bridgehead atoms. The van der Waals surface area contributed by atoms with E-state index < -0.39 is 17.5 Å². The minimum absolute atomic E-state index is 0.147. The standard InChI is InChI=1S/C21H21N3O5/c1-21(2,3)24(20(27)28)16-6-4-5-15(12-16)23-10-9-13-7-8-14(18(25)22-29)11-17(13)19(23)26/h4-12,29H,1-3H3,(H,22,25)(H,27,28). The van der Waals surface area contributed by atoms with E-state index in [0.29, 0.717) is 22.1 Å².